The number of rotatable bonds is 7. The Kier molecular flexibility index (Phi) is 6.87. The van der Waals surface area contributed by atoms with Gasteiger partial charge in [-0.2, -0.15) is 0 Å². The van der Waals surface area contributed by atoms with E-state index in [4.69, 9.17) is 16.7 Å². The van der Waals surface area contributed by atoms with Crippen LogP contribution in [-0.4, -0.2) is 35.6 Å². The predicted molar refractivity (Wildman–Crippen MR) is 77.8 cm³/mol. The van der Waals surface area contributed by atoms with Gasteiger partial charge < -0.3 is 15.3 Å². The summed E-state index contributed by atoms with van der Waals surface area (Å²) in [6.45, 7) is 0.981. The van der Waals surface area contributed by atoms with Crippen molar-refractivity contribution in [2.24, 2.45) is 0 Å². The van der Waals surface area contributed by atoms with Gasteiger partial charge in [-0.25, -0.2) is 4.79 Å². The Morgan fingerprint density at radius 3 is 2.50 bits per heavy atom. The van der Waals surface area contributed by atoms with Gasteiger partial charge in [-0.1, -0.05) is 23.7 Å². The highest BCUT2D eigenvalue weighted by atomic mass is 35.5. The lowest BCUT2D eigenvalue weighted by atomic mass is 10.2. The monoisotopic (exact) mass is 298 g/mol. The number of halogens is 1. The van der Waals surface area contributed by atoms with Gasteiger partial charge in [-0.3, -0.25) is 4.79 Å². The number of unbranched alkanes of at least 4 members (excludes halogenated alkanes) is 1. The van der Waals surface area contributed by atoms with Crippen LogP contribution in [0.1, 0.15) is 24.8 Å². The third kappa shape index (κ3) is 6.43. The summed E-state index contributed by atoms with van der Waals surface area (Å²) in [6.07, 6.45) is 1.36. The van der Waals surface area contributed by atoms with E-state index in [1.165, 1.54) is 0 Å². The molecule has 0 spiro atoms. The molecule has 0 aliphatic heterocycles. The van der Waals surface area contributed by atoms with Crippen LogP contribution in [0.3, 0.4) is 0 Å². The Morgan fingerprint density at radius 1 is 1.25 bits per heavy atom. The number of hydrogen-bond acceptors (Lipinski definition) is 2. The van der Waals surface area contributed by atoms with Crippen molar-refractivity contribution in [2.45, 2.75) is 25.8 Å². The number of hydrogen-bond donors (Lipinski definition) is 2. The first-order valence-corrected chi connectivity index (χ1v) is 6.82. The number of benzene rings is 1. The van der Waals surface area contributed by atoms with Gasteiger partial charge in [-0.05, 0) is 30.5 Å². The minimum Gasteiger partial charge on any atom is -0.481 e. The summed E-state index contributed by atoms with van der Waals surface area (Å²) in [5, 5.41) is 11.9. The SMILES string of the molecule is CN(Cc1ccc(Cl)cc1)C(=O)NCCCCC(=O)O. The molecular weight excluding hydrogens is 280 g/mol. The summed E-state index contributed by atoms with van der Waals surface area (Å²) in [6, 6.07) is 7.15. The second-order valence-electron chi connectivity index (χ2n) is 4.57. The van der Waals surface area contributed by atoms with E-state index >= 15 is 0 Å². The first kappa shape index (κ1) is 16.3. The van der Waals surface area contributed by atoms with Crippen LogP contribution in [0, 0.1) is 0 Å². The van der Waals surface area contributed by atoms with Gasteiger partial charge in [0, 0.05) is 31.6 Å². The zero-order valence-electron chi connectivity index (χ0n) is 11.4. The van der Waals surface area contributed by atoms with Crippen LogP contribution < -0.4 is 5.32 Å². The van der Waals surface area contributed by atoms with E-state index < -0.39 is 5.97 Å². The van der Waals surface area contributed by atoms with Gasteiger partial charge in [-0.15, -0.1) is 0 Å². The molecule has 110 valence electrons. The number of nitrogens with zero attached hydrogens (tertiary/aromatic N) is 1. The fourth-order valence-electron chi connectivity index (χ4n) is 1.67. The summed E-state index contributed by atoms with van der Waals surface area (Å²) in [7, 11) is 1.71. The Balaban J connectivity index is 2.25. The maximum atomic E-state index is 11.8. The molecule has 0 fully saturated rings. The highest BCUT2D eigenvalue weighted by Crippen LogP contribution is 2.10. The fraction of sp³-hybridized carbons (Fsp3) is 0.429. The molecule has 0 saturated carbocycles. The Hall–Kier alpha value is -1.75. The molecule has 1 rings (SSSR count). The topological polar surface area (TPSA) is 69.6 Å². The van der Waals surface area contributed by atoms with E-state index in [1.54, 1.807) is 24.1 Å². The van der Waals surface area contributed by atoms with Crippen molar-refractivity contribution >= 4 is 23.6 Å². The molecule has 6 heteroatoms. The van der Waals surface area contributed by atoms with E-state index in [0.717, 1.165) is 5.56 Å². The molecule has 2 amide bonds. The predicted octanol–water partition coefficient (Wildman–Crippen LogP) is 2.74. The lowest BCUT2D eigenvalue weighted by Gasteiger charge is -2.18. The van der Waals surface area contributed by atoms with Crippen LogP contribution in [0.25, 0.3) is 0 Å². The van der Waals surface area contributed by atoms with Crippen molar-refractivity contribution in [2.75, 3.05) is 13.6 Å². The maximum absolute atomic E-state index is 11.8. The van der Waals surface area contributed by atoms with Gasteiger partial charge >= 0.3 is 12.0 Å². The van der Waals surface area contributed by atoms with E-state index in [1.807, 2.05) is 12.1 Å². The van der Waals surface area contributed by atoms with Gasteiger partial charge in [0.15, 0.2) is 0 Å². The molecule has 0 unspecified atom stereocenters. The summed E-state index contributed by atoms with van der Waals surface area (Å²) in [5.74, 6) is -0.809. The standard InChI is InChI=1S/C14H19ClN2O3/c1-17(10-11-5-7-12(15)8-6-11)14(20)16-9-3-2-4-13(18)19/h5-8H,2-4,9-10H2,1H3,(H,16,20)(H,18,19). The molecule has 0 aliphatic carbocycles. The van der Waals surface area contributed by atoms with Gasteiger partial charge in [0.05, 0.1) is 0 Å². The quantitative estimate of drug-likeness (QED) is 0.760. The number of aliphatic carboxylic acids is 1. The molecule has 2 N–H and O–H groups in total. The minimum atomic E-state index is -0.809. The lowest BCUT2D eigenvalue weighted by Crippen LogP contribution is -2.37. The number of carboxylic acids is 1. The van der Waals surface area contributed by atoms with Crippen LogP contribution in [0.2, 0.25) is 5.02 Å². The van der Waals surface area contributed by atoms with E-state index in [0.29, 0.717) is 31.0 Å². The molecular formula is C14H19ClN2O3. The molecule has 0 aromatic heterocycles. The average molecular weight is 299 g/mol. The van der Waals surface area contributed by atoms with E-state index in [9.17, 15) is 9.59 Å². The summed E-state index contributed by atoms with van der Waals surface area (Å²) in [5.41, 5.74) is 0.998. The third-order valence-corrected chi connectivity index (χ3v) is 3.03. The number of nitrogens with one attached hydrogen (secondary N) is 1. The maximum Gasteiger partial charge on any atom is 0.317 e. The molecule has 0 aliphatic rings. The molecule has 0 bridgehead atoms. The highest BCUT2D eigenvalue weighted by molar-refractivity contribution is 6.30. The Bertz CT molecular complexity index is 448. The zero-order chi connectivity index (χ0) is 15.0. The normalized spacial score (nSPS) is 10.1. The number of carboxylic acid groups (broad SMARTS) is 1. The molecule has 0 heterocycles. The summed E-state index contributed by atoms with van der Waals surface area (Å²) >= 11 is 5.80. The molecule has 5 nitrogen and oxygen atoms in total. The first-order chi connectivity index (χ1) is 9.49. The largest absolute Gasteiger partial charge is 0.481 e. The van der Waals surface area contributed by atoms with E-state index in [-0.39, 0.29) is 12.5 Å². The lowest BCUT2D eigenvalue weighted by molar-refractivity contribution is -0.137. The van der Waals surface area contributed by atoms with Gasteiger partial charge in [0.25, 0.3) is 0 Å². The van der Waals surface area contributed by atoms with E-state index in [2.05, 4.69) is 5.32 Å². The molecule has 1 aromatic carbocycles. The zero-order valence-corrected chi connectivity index (χ0v) is 12.2. The number of carbonyl (C=O) groups is 2. The fourth-order valence-corrected chi connectivity index (χ4v) is 1.79. The smallest absolute Gasteiger partial charge is 0.317 e. The van der Waals surface area contributed by atoms with Crippen LogP contribution in [0.4, 0.5) is 4.79 Å². The second kappa shape index (κ2) is 8.43. The second-order valence-corrected chi connectivity index (χ2v) is 5.00. The van der Waals surface area contributed by atoms with Crippen molar-refractivity contribution in [1.29, 1.82) is 0 Å². The summed E-state index contributed by atoms with van der Waals surface area (Å²) < 4.78 is 0. The van der Waals surface area contributed by atoms with Gasteiger partial charge in [0.2, 0.25) is 0 Å². The van der Waals surface area contributed by atoms with Crippen molar-refractivity contribution in [3.63, 3.8) is 0 Å². The molecule has 0 radical (unpaired) electrons. The Labute approximate surface area is 123 Å². The van der Waals surface area contributed by atoms with Gasteiger partial charge in [0.1, 0.15) is 0 Å². The van der Waals surface area contributed by atoms with Crippen LogP contribution >= 0.6 is 11.6 Å². The van der Waals surface area contributed by atoms with Crippen molar-refractivity contribution in [3.8, 4) is 0 Å². The Morgan fingerprint density at radius 2 is 1.90 bits per heavy atom. The third-order valence-electron chi connectivity index (χ3n) is 2.77. The van der Waals surface area contributed by atoms with Crippen molar-refractivity contribution in [3.05, 3.63) is 34.9 Å². The first-order valence-electron chi connectivity index (χ1n) is 6.44. The number of urea groups is 1. The average Bonchev–Trinajstić information content (AvgIpc) is 2.40. The highest BCUT2D eigenvalue weighted by Gasteiger charge is 2.08. The van der Waals surface area contributed by atoms with Crippen LogP contribution in [0.15, 0.2) is 24.3 Å². The van der Waals surface area contributed by atoms with Crippen LogP contribution in [-0.2, 0) is 11.3 Å². The summed E-state index contributed by atoms with van der Waals surface area (Å²) in [4.78, 5) is 23.7. The van der Waals surface area contributed by atoms with Crippen molar-refractivity contribution < 1.29 is 14.7 Å². The number of carbonyl (C=O) groups excluding carboxylic acids is 1. The number of amides is 2. The molecule has 20 heavy (non-hydrogen) atoms. The molecule has 0 atom stereocenters. The van der Waals surface area contributed by atoms with Crippen molar-refractivity contribution in [1.82, 2.24) is 10.2 Å². The molecule has 0 saturated heterocycles. The van der Waals surface area contributed by atoms with Crippen LogP contribution in [0.5, 0.6) is 0 Å². The minimum absolute atomic E-state index is 0.135. The molecule has 1 aromatic rings.